The first-order valence-corrected chi connectivity index (χ1v) is 11.7. The van der Waals surface area contributed by atoms with E-state index in [0.29, 0.717) is 34.6 Å². The van der Waals surface area contributed by atoms with Gasteiger partial charge in [-0.05, 0) is 66.3 Å². The number of hydrogen-bond donors (Lipinski definition) is 1. The fourth-order valence-electron chi connectivity index (χ4n) is 3.87. The quantitative estimate of drug-likeness (QED) is 0.558. The van der Waals surface area contributed by atoms with Crippen molar-refractivity contribution >= 4 is 28.2 Å². The van der Waals surface area contributed by atoms with Gasteiger partial charge in [0.25, 0.3) is 5.91 Å². The molecule has 1 atom stereocenters. The number of anilines is 1. The van der Waals surface area contributed by atoms with Crippen LogP contribution in [0.5, 0.6) is 5.75 Å². The van der Waals surface area contributed by atoms with Gasteiger partial charge >= 0.3 is 5.97 Å². The Morgan fingerprint density at radius 1 is 1.19 bits per heavy atom. The lowest BCUT2D eigenvalue weighted by molar-refractivity contribution is 0.0600. The van der Waals surface area contributed by atoms with Gasteiger partial charge in [-0.3, -0.25) is 4.79 Å². The van der Waals surface area contributed by atoms with Gasteiger partial charge in [0, 0.05) is 10.4 Å². The average Bonchev–Trinajstić information content (AvgIpc) is 3.08. The van der Waals surface area contributed by atoms with Crippen molar-refractivity contribution in [3.63, 3.8) is 0 Å². The van der Waals surface area contributed by atoms with Crippen LogP contribution in [0.15, 0.2) is 24.3 Å². The van der Waals surface area contributed by atoms with Crippen LogP contribution in [0.2, 0.25) is 0 Å². The van der Waals surface area contributed by atoms with Crippen LogP contribution in [-0.4, -0.2) is 25.6 Å². The molecule has 0 saturated heterocycles. The molecule has 3 rings (SSSR count). The Kier molecular flexibility index (Phi) is 7.10. The number of esters is 1. The molecule has 1 heterocycles. The van der Waals surface area contributed by atoms with E-state index in [0.717, 1.165) is 30.6 Å². The van der Waals surface area contributed by atoms with E-state index in [4.69, 9.17) is 9.47 Å². The highest BCUT2D eigenvalue weighted by Gasteiger charge is 2.34. The maximum atomic E-state index is 12.9. The third-order valence-corrected chi connectivity index (χ3v) is 6.98. The number of hydrogen-bond acceptors (Lipinski definition) is 5. The van der Waals surface area contributed by atoms with Crippen molar-refractivity contribution in [2.45, 2.75) is 53.9 Å². The van der Waals surface area contributed by atoms with Gasteiger partial charge < -0.3 is 14.8 Å². The minimum atomic E-state index is -0.389. The number of ether oxygens (including phenoxy) is 2. The molecule has 0 radical (unpaired) electrons. The smallest absolute Gasteiger partial charge is 0.341 e. The lowest BCUT2D eigenvalue weighted by Crippen LogP contribution is -2.26. The fourth-order valence-corrected chi connectivity index (χ4v) is 5.18. The van der Waals surface area contributed by atoms with Crippen LogP contribution < -0.4 is 10.1 Å². The highest BCUT2D eigenvalue weighted by Crippen LogP contribution is 2.44. The van der Waals surface area contributed by atoms with Crippen molar-refractivity contribution < 1.29 is 19.1 Å². The molecule has 0 spiro atoms. The second-order valence-electron chi connectivity index (χ2n) is 9.69. The van der Waals surface area contributed by atoms with Gasteiger partial charge in [-0.1, -0.05) is 34.6 Å². The molecule has 0 fully saturated rings. The summed E-state index contributed by atoms with van der Waals surface area (Å²) < 4.78 is 10.7. The Morgan fingerprint density at radius 2 is 1.87 bits per heavy atom. The summed E-state index contributed by atoms with van der Waals surface area (Å²) in [4.78, 5) is 26.6. The van der Waals surface area contributed by atoms with Gasteiger partial charge in [0.2, 0.25) is 0 Å². The van der Waals surface area contributed by atoms with Gasteiger partial charge in [0.1, 0.15) is 10.8 Å². The minimum absolute atomic E-state index is 0.204. The Morgan fingerprint density at radius 3 is 2.45 bits per heavy atom. The van der Waals surface area contributed by atoms with Gasteiger partial charge in [0.15, 0.2) is 0 Å². The molecule has 31 heavy (non-hydrogen) atoms. The molecule has 2 aromatic rings. The zero-order chi connectivity index (χ0) is 22.8. The number of amides is 1. The van der Waals surface area contributed by atoms with Crippen molar-refractivity contribution in [3.8, 4) is 5.75 Å². The summed E-state index contributed by atoms with van der Waals surface area (Å²) in [6.45, 7) is 11.6. The third kappa shape index (κ3) is 5.48. The summed E-state index contributed by atoms with van der Waals surface area (Å²) >= 11 is 1.51. The molecule has 0 aliphatic heterocycles. The first-order chi connectivity index (χ1) is 14.6. The maximum absolute atomic E-state index is 12.9. The molecule has 6 heteroatoms. The molecule has 1 N–H and O–H groups in total. The minimum Gasteiger partial charge on any atom is -0.493 e. The lowest BCUT2D eigenvalue weighted by Gasteiger charge is -2.33. The zero-order valence-electron chi connectivity index (χ0n) is 19.3. The molecular formula is C25H33NO4S. The Hall–Kier alpha value is -2.34. The van der Waals surface area contributed by atoms with E-state index < -0.39 is 0 Å². The summed E-state index contributed by atoms with van der Waals surface area (Å²) in [6, 6.07) is 7.08. The number of benzene rings is 1. The molecule has 1 aliphatic rings. The topological polar surface area (TPSA) is 64.6 Å². The van der Waals surface area contributed by atoms with Gasteiger partial charge in [-0.25, -0.2) is 4.79 Å². The van der Waals surface area contributed by atoms with Crippen LogP contribution in [0.1, 0.15) is 72.2 Å². The summed E-state index contributed by atoms with van der Waals surface area (Å²) in [7, 11) is 1.38. The molecule has 1 aromatic heterocycles. The van der Waals surface area contributed by atoms with Crippen LogP contribution in [0, 0.1) is 17.3 Å². The molecule has 1 unspecified atom stereocenters. The number of rotatable bonds is 6. The number of carbonyl (C=O) groups is 2. The summed E-state index contributed by atoms with van der Waals surface area (Å²) in [5.74, 6) is 1.08. The van der Waals surface area contributed by atoms with Gasteiger partial charge in [-0.2, -0.15) is 0 Å². The second kappa shape index (κ2) is 9.43. The van der Waals surface area contributed by atoms with E-state index in [1.807, 2.05) is 0 Å². The average molecular weight is 444 g/mol. The molecule has 1 aliphatic carbocycles. The maximum Gasteiger partial charge on any atom is 0.341 e. The Balaban J connectivity index is 1.81. The van der Waals surface area contributed by atoms with Gasteiger partial charge in [-0.15, -0.1) is 11.3 Å². The second-order valence-corrected chi connectivity index (χ2v) is 10.8. The molecule has 0 saturated carbocycles. The van der Waals surface area contributed by atoms with Crippen LogP contribution in [0.4, 0.5) is 5.00 Å². The van der Waals surface area contributed by atoms with E-state index in [9.17, 15) is 9.59 Å². The first kappa shape index (κ1) is 23.3. The van der Waals surface area contributed by atoms with E-state index in [-0.39, 0.29) is 17.3 Å². The summed E-state index contributed by atoms with van der Waals surface area (Å²) in [5.41, 5.74) is 2.27. The van der Waals surface area contributed by atoms with Crippen LogP contribution in [0.3, 0.4) is 0 Å². The third-order valence-electron chi connectivity index (χ3n) is 5.81. The Labute approximate surface area is 189 Å². The monoisotopic (exact) mass is 443 g/mol. The van der Waals surface area contributed by atoms with Crippen molar-refractivity contribution in [3.05, 3.63) is 45.8 Å². The lowest BCUT2D eigenvalue weighted by atomic mass is 9.72. The zero-order valence-corrected chi connectivity index (χ0v) is 20.2. The Bertz CT molecular complexity index is 938. The summed E-state index contributed by atoms with van der Waals surface area (Å²) in [5, 5.41) is 3.54. The van der Waals surface area contributed by atoms with E-state index in [1.54, 1.807) is 24.3 Å². The number of fused-ring (bicyclic) bond motifs is 1. The number of thiophene rings is 1. The standard InChI is InChI=1S/C25H33NO4S/c1-15(2)14-30-18-10-7-16(8-11-18)22(27)26-23-21(24(28)29-6)19-12-9-17(25(3,4)5)13-20(19)31-23/h7-8,10-11,15,17H,9,12-14H2,1-6H3,(H,26,27). The normalized spacial score (nSPS) is 16.0. The number of carbonyl (C=O) groups excluding carboxylic acids is 2. The molecular weight excluding hydrogens is 410 g/mol. The molecule has 1 aromatic carbocycles. The largest absolute Gasteiger partial charge is 0.493 e. The van der Waals surface area contributed by atoms with Crippen LogP contribution in [-0.2, 0) is 17.6 Å². The van der Waals surface area contributed by atoms with Crippen molar-refractivity contribution in [1.29, 1.82) is 0 Å². The highest BCUT2D eigenvalue weighted by atomic mass is 32.1. The van der Waals surface area contributed by atoms with Crippen LogP contribution in [0.25, 0.3) is 0 Å². The van der Waals surface area contributed by atoms with Gasteiger partial charge in [0.05, 0.1) is 19.3 Å². The van der Waals surface area contributed by atoms with Crippen molar-refractivity contribution in [2.75, 3.05) is 19.0 Å². The SMILES string of the molecule is COC(=O)c1c(NC(=O)c2ccc(OCC(C)C)cc2)sc2c1CCC(C(C)(C)C)C2. The van der Waals surface area contributed by atoms with Crippen LogP contribution >= 0.6 is 11.3 Å². The fraction of sp³-hybridized carbons (Fsp3) is 0.520. The highest BCUT2D eigenvalue weighted by molar-refractivity contribution is 7.17. The van der Waals surface area contributed by atoms with Crippen molar-refractivity contribution in [2.24, 2.45) is 17.3 Å². The predicted molar refractivity (Wildman–Crippen MR) is 125 cm³/mol. The predicted octanol–water partition coefficient (Wildman–Crippen LogP) is 5.97. The van der Waals surface area contributed by atoms with Crippen molar-refractivity contribution in [1.82, 2.24) is 0 Å². The molecule has 0 bridgehead atoms. The summed E-state index contributed by atoms with van der Waals surface area (Å²) in [6.07, 6.45) is 2.78. The van der Waals surface area contributed by atoms with E-state index in [2.05, 4.69) is 39.9 Å². The molecule has 5 nitrogen and oxygen atoms in total. The van der Waals surface area contributed by atoms with E-state index in [1.165, 1.54) is 23.3 Å². The number of nitrogens with one attached hydrogen (secondary N) is 1. The molecule has 168 valence electrons. The van der Waals surface area contributed by atoms with E-state index >= 15 is 0 Å². The first-order valence-electron chi connectivity index (χ1n) is 10.9. The molecule has 1 amide bonds. The number of methoxy groups -OCH3 is 1.